The van der Waals surface area contributed by atoms with Gasteiger partial charge >= 0.3 is 0 Å². The fourth-order valence-electron chi connectivity index (χ4n) is 3.11. The lowest BCUT2D eigenvalue weighted by Crippen LogP contribution is -2.48. The number of aliphatic hydroxyl groups excluding tert-OH is 1. The van der Waals surface area contributed by atoms with Gasteiger partial charge in [-0.2, -0.15) is 0 Å². The Morgan fingerprint density at radius 3 is 2.80 bits per heavy atom. The first-order valence-electron chi connectivity index (χ1n) is 7.37. The molecule has 1 atom stereocenters. The van der Waals surface area contributed by atoms with Crippen LogP contribution in [0, 0.1) is 5.82 Å². The molecule has 2 N–H and O–H groups in total. The number of piperazine rings is 1. The van der Waals surface area contributed by atoms with Crippen molar-refractivity contribution in [3.8, 4) is 0 Å². The van der Waals surface area contributed by atoms with Gasteiger partial charge in [0.2, 0.25) is 0 Å². The summed E-state index contributed by atoms with van der Waals surface area (Å²) in [4.78, 5) is 4.38. The number of aliphatic hydroxyl groups is 1. The number of anilines is 1. The standard InChI is InChI=1S/C15H22FN3O/c16-13-2-1-12-3-6-19(15(12)9-13)11-14(20)10-18-7-4-17-5-8-18/h1-2,9,14,17,20H,3-8,10-11H2. The number of nitrogens with one attached hydrogen (secondary N) is 1. The second kappa shape index (κ2) is 6.08. The molecule has 2 heterocycles. The first kappa shape index (κ1) is 13.8. The van der Waals surface area contributed by atoms with Crippen LogP contribution in [-0.4, -0.2) is 61.9 Å². The Morgan fingerprint density at radius 1 is 1.20 bits per heavy atom. The molecular weight excluding hydrogens is 257 g/mol. The highest BCUT2D eigenvalue weighted by atomic mass is 19.1. The van der Waals surface area contributed by atoms with Crippen LogP contribution in [0.3, 0.4) is 0 Å². The molecule has 20 heavy (non-hydrogen) atoms. The van der Waals surface area contributed by atoms with E-state index in [1.54, 1.807) is 6.07 Å². The first-order valence-corrected chi connectivity index (χ1v) is 7.37. The van der Waals surface area contributed by atoms with E-state index in [-0.39, 0.29) is 11.9 Å². The van der Waals surface area contributed by atoms with E-state index >= 15 is 0 Å². The number of hydrogen-bond donors (Lipinski definition) is 2. The lowest BCUT2D eigenvalue weighted by molar-refractivity contribution is 0.109. The number of nitrogens with zero attached hydrogens (tertiary/aromatic N) is 2. The van der Waals surface area contributed by atoms with Gasteiger partial charge in [-0.05, 0) is 24.1 Å². The molecule has 0 aromatic heterocycles. The Bertz CT molecular complexity index is 462. The number of benzene rings is 1. The van der Waals surface area contributed by atoms with Crippen LogP contribution in [0.1, 0.15) is 5.56 Å². The summed E-state index contributed by atoms with van der Waals surface area (Å²) in [6.07, 6.45) is 0.554. The van der Waals surface area contributed by atoms with Crippen LogP contribution in [0.4, 0.5) is 10.1 Å². The van der Waals surface area contributed by atoms with Crippen molar-refractivity contribution >= 4 is 5.69 Å². The Labute approximate surface area is 119 Å². The van der Waals surface area contributed by atoms with Crippen molar-refractivity contribution in [1.82, 2.24) is 10.2 Å². The molecule has 2 aliphatic rings. The minimum absolute atomic E-state index is 0.202. The maximum absolute atomic E-state index is 13.3. The highest BCUT2D eigenvalue weighted by molar-refractivity contribution is 5.58. The molecule has 0 radical (unpaired) electrons. The van der Waals surface area contributed by atoms with Gasteiger partial charge in [0.05, 0.1) is 6.10 Å². The van der Waals surface area contributed by atoms with E-state index in [1.165, 1.54) is 11.6 Å². The molecule has 1 aromatic rings. The van der Waals surface area contributed by atoms with Crippen molar-refractivity contribution in [3.63, 3.8) is 0 Å². The van der Waals surface area contributed by atoms with Gasteiger partial charge in [-0.25, -0.2) is 4.39 Å². The molecule has 0 spiro atoms. The van der Waals surface area contributed by atoms with Crippen molar-refractivity contribution in [2.75, 3.05) is 50.7 Å². The van der Waals surface area contributed by atoms with Crippen LogP contribution >= 0.6 is 0 Å². The van der Waals surface area contributed by atoms with Crippen molar-refractivity contribution in [3.05, 3.63) is 29.6 Å². The molecule has 1 fully saturated rings. The van der Waals surface area contributed by atoms with Gasteiger partial charge in [0.25, 0.3) is 0 Å². The molecule has 1 unspecified atom stereocenters. The third-order valence-corrected chi connectivity index (χ3v) is 4.15. The largest absolute Gasteiger partial charge is 0.390 e. The molecule has 1 saturated heterocycles. The average Bonchev–Trinajstić information content (AvgIpc) is 2.82. The van der Waals surface area contributed by atoms with E-state index < -0.39 is 0 Å². The lowest BCUT2D eigenvalue weighted by Gasteiger charge is -2.31. The van der Waals surface area contributed by atoms with Crippen molar-refractivity contribution in [2.45, 2.75) is 12.5 Å². The first-order chi connectivity index (χ1) is 9.72. The summed E-state index contributed by atoms with van der Waals surface area (Å²) in [7, 11) is 0. The maximum Gasteiger partial charge on any atom is 0.125 e. The molecule has 0 amide bonds. The molecule has 5 heteroatoms. The number of hydrogen-bond acceptors (Lipinski definition) is 4. The normalized spacial score (nSPS) is 21.0. The molecule has 0 bridgehead atoms. The molecule has 110 valence electrons. The monoisotopic (exact) mass is 279 g/mol. The highest BCUT2D eigenvalue weighted by Gasteiger charge is 2.23. The number of halogens is 1. The zero-order chi connectivity index (χ0) is 13.9. The minimum Gasteiger partial charge on any atom is -0.390 e. The van der Waals surface area contributed by atoms with Gasteiger partial charge < -0.3 is 15.3 Å². The van der Waals surface area contributed by atoms with Gasteiger partial charge in [-0.15, -0.1) is 0 Å². The predicted octanol–water partition coefficient (Wildman–Crippen LogP) is 0.454. The Kier molecular flexibility index (Phi) is 4.19. The van der Waals surface area contributed by atoms with Gasteiger partial charge in [-0.3, -0.25) is 4.90 Å². The van der Waals surface area contributed by atoms with Gasteiger partial charge in [0.15, 0.2) is 0 Å². The number of rotatable bonds is 4. The van der Waals surface area contributed by atoms with Crippen LogP contribution in [0.15, 0.2) is 18.2 Å². The molecule has 0 saturated carbocycles. The smallest absolute Gasteiger partial charge is 0.125 e. The molecule has 3 rings (SSSR count). The Morgan fingerprint density at radius 2 is 2.00 bits per heavy atom. The van der Waals surface area contributed by atoms with E-state index in [1.807, 2.05) is 6.07 Å². The van der Waals surface area contributed by atoms with E-state index in [0.29, 0.717) is 13.1 Å². The van der Waals surface area contributed by atoms with Crippen LogP contribution < -0.4 is 10.2 Å². The summed E-state index contributed by atoms with van der Waals surface area (Å²) in [6, 6.07) is 4.95. The third kappa shape index (κ3) is 3.11. The van der Waals surface area contributed by atoms with E-state index in [4.69, 9.17) is 0 Å². The predicted molar refractivity (Wildman–Crippen MR) is 77.6 cm³/mol. The average molecular weight is 279 g/mol. The van der Waals surface area contributed by atoms with Crippen LogP contribution in [0.5, 0.6) is 0 Å². The number of fused-ring (bicyclic) bond motifs is 1. The van der Waals surface area contributed by atoms with Gasteiger partial charge in [-0.1, -0.05) is 6.07 Å². The van der Waals surface area contributed by atoms with E-state index in [0.717, 1.165) is 44.8 Å². The highest BCUT2D eigenvalue weighted by Crippen LogP contribution is 2.28. The van der Waals surface area contributed by atoms with Gasteiger partial charge in [0, 0.05) is 51.5 Å². The Balaban J connectivity index is 1.57. The summed E-state index contributed by atoms with van der Waals surface area (Å²) in [5.74, 6) is -0.202. The molecular formula is C15H22FN3O. The summed E-state index contributed by atoms with van der Waals surface area (Å²) in [6.45, 7) is 6.11. The summed E-state index contributed by atoms with van der Waals surface area (Å²) in [5, 5.41) is 13.6. The fraction of sp³-hybridized carbons (Fsp3) is 0.600. The van der Waals surface area contributed by atoms with Crippen molar-refractivity contribution < 1.29 is 9.50 Å². The summed E-state index contributed by atoms with van der Waals surface area (Å²) >= 11 is 0. The number of β-amino-alcohol motifs (C(OH)–C–C–N with tert-alkyl or cyclic N) is 1. The molecule has 0 aliphatic carbocycles. The second-order valence-electron chi connectivity index (χ2n) is 5.67. The third-order valence-electron chi connectivity index (χ3n) is 4.15. The van der Waals surface area contributed by atoms with E-state index in [2.05, 4.69) is 15.1 Å². The molecule has 4 nitrogen and oxygen atoms in total. The SMILES string of the molecule is OC(CN1CCNCC1)CN1CCc2ccc(F)cc21. The molecule has 2 aliphatic heterocycles. The Hall–Kier alpha value is -1.17. The van der Waals surface area contributed by atoms with E-state index in [9.17, 15) is 9.50 Å². The quantitative estimate of drug-likeness (QED) is 0.839. The van der Waals surface area contributed by atoms with Gasteiger partial charge in [0.1, 0.15) is 5.82 Å². The zero-order valence-electron chi connectivity index (χ0n) is 11.7. The minimum atomic E-state index is -0.387. The second-order valence-corrected chi connectivity index (χ2v) is 5.67. The maximum atomic E-state index is 13.3. The summed E-state index contributed by atoms with van der Waals surface area (Å²) < 4.78 is 13.3. The van der Waals surface area contributed by atoms with Crippen LogP contribution in [0.25, 0.3) is 0 Å². The van der Waals surface area contributed by atoms with Crippen molar-refractivity contribution in [1.29, 1.82) is 0 Å². The summed E-state index contributed by atoms with van der Waals surface area (Å²) in [5.41, 5.74) is 2.13. The fourth-order valence-corrected chi connectivity index (χ4v) is 3.11. The lowest BCUT2D eigenvalue weighted by atomic mass is 10.1. The van der Waals surface area contributed by atoms with Crippen LogP contribution in [0.2, 0.25) is 0 Å². The van der Waals surface area contributed by atoms with Crippen LogP contribution in [-0.2, 0) is 6.42 Å². The zero-order valence-corrected chi connectivity index (χ0v) is 11.7. The molecule has 1 aromatic carbocycles. The topological polar surface area (TPSA) is 38.7 Å². The van der Waals surface area contributed by atoms with Crippen molar-refractivity contribution in [2.24, 2.45) is 0 Å².